The van der Waals surface area contributed by atoms with Gasteiger partial charge in [-0.1, -0.05) is 0 Å². The van der Waals surface area contributed by atoms with E-state index in [1.165, 1.54) is 18.2 Å². The van der Waals surface area contributed by atoms with Crippen molar-refractivity contribution in [3.8, 4) is 17.1 Å². The number of carbonyl (C=O) groups is 2. The van der Waals surface area contributed by atoms with Gasteiger partial charge in [-0.2, -0.15) is 0 Å². The average Bonchev–Trinajstić information content (AvgIpc) is 3.46. The van der Waals surface area contributed by atoms with Crippen LogP contribution in [0.25, 0.3) is 17.4 Å². The van der Waals surface area contributed by atoms with Crippen molar-refractivity contribution in [3.05, 3.63) is 108 Å². The van der Waals surface area contributed by atoms with Gasteiger partial charge in [-0.25, -0.2) is 4.39 Å². The molecular weight excluding hydrogens is 497 g/mol. The number of rotatable bonds is 7. The Bertz CT molecular complexity index is 1450. The first-order chi connectivity index (χ1) is 19.0. The lowest BCUT2D eigenvalue weighted by atomic mass is 10.1. The summed E-state index contributed by atoms with van der Waals surface area (Å²) in [6.07, 6.45) is 2.99. The molecule has 1 N–H and O–H groups in total. The molecule has 1 aliphatic rings. The molecule has 1 fully saturated rings. The number of halogens is 1. The first-order valence-corrected chi connectivity index (χ1v) is 12.6. The maximum Gasteiger partial charge on any atom is 0.253 e. The molecule has 198 valence electrons. The van der Waals surface area contributed by atoms with E-state index >= 15 is 0 Å². The van der Waals surface area contributed by atoms with Crippen LogP contribution in [-0.4, -0.2) is 50.0 Å². The standard InChI is InChI=1S/C31H28FN3O4/c1-38-27-12-4-23(5-13-27)31(37)35-20-18-34(19-21-35)26-10-8-25(9-11-26)33-30(36)17-15-28-14-16-29(39-28)22-2-6-24(32)7-3-22/h2-17H,18-21H2,1H3,(H,33,36)/b17-15+. The fourth-order valence-electron chi connectivity index (χ4n) is 4.39. The molecule has 1 saturated heterocycles. The maximum atomic E-state index is 13.1. The van der Waals surface area contributed by atoms with E-state index < -0.39 is 0 Å². The van der Waals surface area contributed by atoms with Crippen molar-refractivity contribution in [1.82, 2.24) is 4.90 Å². The molecule has 0 aliphatic carbocycles. The molecule has 7 nitrogen and oxygen atoms in total. The second-order valence-electron chi connectivity index (χ2n) is 9.09. The number of ether oxygens (including phenoxy) is 1. The summed E-state index contributed by atoms with van der Waals surface area (Å²) < 4.78 is 24.0. The zero-order valence-electron chi connectivity index (χ0n) is 21.5. The third-order valence-electron chi connectivity index (χ3n) is 6.56. The summed E-state index contributed by atoms with van der Waals surface area (Å²) in [5.41, 5.74) is 3.11. The number of anilines is 2. The Balaban J connectivity index is 1.11. The summed E-state index contributed by atoms with van der Waals surface area (Å²) in [5, 5.41) is 2.85. The second kappa shape index (κ2) is 11.7. The predicted octanol–water partition coefficient (Wildman–Crippen LogP) is 5.71. The highest BCUT2D eigenvalue weighted by atomic mass is 19.1. The first kappa shape index (κ1) is 25.8. The number of furan rings is 1. The topological polar surface area (TPSA) is 75.0 Å². The second-order valence-corrected chi connectivity index (χ2v) is 9.09. The molecule has 1 aliphatic heterocycles. The van der Waals surface area contributed by atoms with Crippen LogP contribution in [0.1, 0.15) is 16.1 Å². The van der Waals surface area contributed by atoms with Crippen LogP contribution in [0.3, 0.4) is 0 Å². The SMILES string of the molecule is COc1ccc(C(=O)N2CCN(c3ccc(NC(=O)/C=C/c4ccc(-c5ccc(F)cc5)o4)cc3)CC2)cc1. The molecule has 8 heteroatoms. The molecular formula is C31H28FN3O4. The van der Waals surface area contributed by atoms with Gasteiger partial charge in [0.1, 0.15) is 23.1 Å². The summed E-state index contributed by atoms with van der Waals surface area (Å²) >= 11 is 0. The molecule has 0 spiro atoms. The molecule has 39 heavy (non-hydrogen) atoms. The number of methoxy groups -OCH3 is 1. The van der Waals surface area contributed by atoms with Gasteiger partial charge in [0.2, 0.25) is 5.91 Å². The zero-order chi connectivity index (χ0) is 27.2. The summed E-state index contributed by atoms with van der Waals surface area (Å²) in [7, 11) is 1.60. The molecule has 2 heterocycles. The van der Waals surface area contributed by atoms with Crippen LogP contribution >= 0.6 is 0 Å². The number of nitrogens with zero attached hydrogens (tertiary/aromatic N) is 2. The molecule has 4 aromatic rings. The van der Waals surface area contributed by atoms with Crippen LogP contribution in [0.15, 0.2) is 95.4 Å². The van der Waals surface area contributed by atoms with Gasteiger partial charge in [-0.3, -0.25) is 9.59 Å². The summed E-state index contributed by atoms with van der Waals surface area (Å²) in [5.74, 6) is 1.26. The zero-order valence-corrected chi connectivity index (χ0v) is 21.5. The van der Waals surface area contributed by atoms with Gasteiger partial charge in [-0.05, 0) is 91.0 Å². The minimum absolute atomic E-state index is 0.0182. The molecule has 1 aromatic heterocycles. The number of nitrogens with one attached hydrogen (secondary N) is 1. The van der Waals surface area contributed by atoms with Crippen molar-refractivity contribution < 1.29 is 23.1 Å². The highest BCUT2D eigenvalue weighted by molar-refractivity contribution is 6.01. The Labute approximate surface area is 226 Å². The Morgan fingerprint density at radius 2 is 1.56 bits per heavy atom. The van der Waals surface area contributed by atoms with Gasteiger partial charge in [-0.15, -0.1) is 0 Å². The fourth-order valence-corrected chi connectivity index (χ4v) is 4.39. The third kappa shape index (κ3) is 6.35. The first-order valence-electron chi connectivity index (χ1n) is 12.6. The van der Waals surface area contributed by atoms with Gasteiger partial charge in [0.25, 0.3) is 5.91 Å². The lowest BCUT2D eigenvalue weighted by Gasteiger charge is -2.36. The number of benzene rings is 3. The Hall–Kier alpha value is -4.85. The molecule has 3 aromatic carbocycles. The van der Waals surface area contributed by atoms with Crippen LogP contribution in [-0.2, 0) is 4.79 Å². The highest BCUT2D eigenvalue weighted by Gasteiger charge is 2.22. The van der Waals surface area contributed by atoms with E-state index in [9.17, 15) is 14.0 Å². The van der Waals surface area contributed by atoms with Crippen LogP contribution in [0, 0.1) is 5.82 Å². The number of hydrogen-bond donors (Lipinski definition) is 1. The van der Waals surface area contributed by atoms with E-state index in [0.717, 1.165) is 30.1 Å². The minimum Gasteiger partial charge on any atom is -0.497 e. The lowest BCUT2D eigenvalue weighted by molar-refractivity contribution is -0.111. The van der Waals surface area contributed by atoms with Crippen molar-refractivity contribution in [2.45, 2.75) is 0 Å². The van der Waals surface area contributed by atoms with Gasteiger partial charge >= 0.3 is 0 Å². The van der Waals surface area contributed by atoms with E-state index in [1.807, 2.05) is 29.2 Å². The van der Waals surface area contributed by atoms with Gasteiger partial charge in [0.05, 0.1) is 7.11 Å². The Morgan fingerprint density at radius 1 is 0.872 bits per heavy atom. The van der Waals surface area contributed by atoms with Crippen molar-refractivity contribution in [3.63, 3.8) is 0 Å². The molecule has 0 atom stereocenters. The quantitative estimate of drug-likeness (QED) is 0.313. The van der Waals surface area contributed by atoms with Crippen molar-refractivity contribution in [2.75, 3.05) is 43.5 Å². The van der Waals surface area contributed by atoms with Crippen LogP contribution < -0.4 is 15.0 Å². The van der Waals surface area contributed by atoms with Gasteiger partial charge < -0.3 is 24.3 Å². The van der Waals surface area contributed by atoms with Crippen LogP contribution in [0.4, 0.5) is 15.8 Å². The lowest BCUT2D eigenvalue weighted by Crippen LogP contribution is -2.48. The molecule has 2 amide bonds. The average molecular weight is 526 g/mol. The molecule has 5 rings (SSSR count). The normalized spacial score (nSPS) is 13.5. The van der Waals surface area contributed by atoms with E-state index in [-0.39, 0.29) is 17.6 Å². The summed E-state index contributed by atoms with van der Waals surface area (Å²) in [6.45, 7) is 2.70. The van der Waals surface area contributed by atoms with Crippen molar-refractivity contribution in [1.29, 1.82) is 0 Å². The smallest absolute Gasteiger partial charge is 0.253 e. The minimum atomic E-state index is -0.310. The van der Waals surface area contributed by atoms with Crippen LogP contribution in [0.2, 0.25) is 0 Å². The Kier molecular flexibility index (Phi) is 7.73. The van der Waals surface area contributed by atoms with E-state index in [2.05, 4.69) is 10.2 Å². The summed E-state index contributed by atoms with van der Waals surface area (Å²) in [6, 6.07) is 24.3. The molecule has 0 radical (unpaired) electrons. The highest BCUT2D eigenvalue weighted by Crippen LogP contribution is 2.24. The molecule has 0 saturated carbocycles. The van der Waals surface area contributed by atoms with E-state index in [1.54, 1.807) is 61.7 Å². The molecule has 0 bridgehead atoms. The predicted molar refractivity (Wildman–Crippen MR) is 149 cm³/mol. The monoisotopic (exact) mass is 525 g/mol. The van der Waals surface area contributed by atoms with Crippen molar-refractivity contribution >= 4 is 29.3 Å². The van der Waals surface area contributed by atoms with E-state index in [0.29, 0.717) is 35.9 Å². The van der Waals surface area contributed by atoms with Gasteiger partial charge in [0.15, 0.2) is 0 Å². The number of piperazine rings is 1. The molecule has 0 unspecified atom stereocenters. The van der Waals surface area contributed by atoms with Crippen molar-refractivity contribution in [2.24, 2.45) is 0 Å². The van der Waals surface area contributed by atoms with Gasteiger partial charge in [0, 0.05) is 54.8 Å². The number of carbonyl (C=O) groups excluding carboxylic acids is 2. The number of amides is 2. The maximum absolute atomic E-state index is 13.1. The summed E-state index contributed by atoms with van der Waals surface area (Å²) in [4.78, 5) is 29.3. The fraction of sp³-hybridized carbons (Fsp3) is 0.161. The Morgan fingerprint density at radius 3 is 2.23 bits per heavy atom. The number of hydrogen-bond acceptors (Lipinski definition) is 5. The largest absolute Gasteiger partial charge is 0.497 e. The van der Waals surface area contributed by atoms with E-state index in [4.69, 9.17) is 9.15 Å². The van der Waals surface area contributed by atoms with Crippen LogP contribution in [0.5, 0.6) is 5.75 Å². The third-order valence-corrected chi connectivity index (χ3v) is 6.56.